The summed E-state index contributed by atoms with van der Waals surface area (Å²) in [5, 5.41) is 10.0. The van der Waals surface area contributed by atoms with Gasteiger partial charge in [-0.2, -0.15) is 5.26 Å². The van der Waals surface area contributed by atoms with E-state index in [1.807, 2.05) is 12.1 Å². The van der Waals surface area contributed by atoms with Crippen LogP contribution in [0, 0.1) is 18.3 Å². The van der Waals surface area contributed by atoms with Gasteiger partial charge in [-0.25, -0.2) is 4.98 Å². The average molecular weight is 424 g/mol. The number of rotatable bonds is 4. The van der Waals surface area contributed by atoms with Crippen LogP contribution in [0.1, 0.15) is 42.0 Å². The lowest BCUT2D eigenvalue weighted by Gasteiger charge is -2.38. The van der Waals surface area contributed by atoms with Crippen molar-refractivity contribution in [1.29, 1.82) is 5.26 Å². The largest absolute Gasteiger partial charge is 0.355 e. The molecule has 0 radical (unpaired) electrons. The van der Waals surface area contributed by atoms with Gasteiger partial charge in [0.1, 0.15) is 11.9 Å². The molecule has 1 fully saturated rings. The second-order valence-corrected chi connectivity index (χ2v) is 9.01. The van der Waals surface area contributed by atoms with E-state index < -0.39 is 0 Å². The summed E-state index contributed by atoms with van der Waals surface area (Å²) < 4.78 is 2.24. The van der Waals surface area contributed by atoms with Gasteiger partial charge in [-0.05, 0) is 36.1 Å². The van der Waals surface area contributed by atoms with Gasteiger partial charge in [-0.3, -0.25) is 9.30 Å². The van der Waals surface area contributed by atoms with Crippen molar-refractivity contribution in [2.45, 2.75) is 33.2 Å². The number of fused-ring (bicyclic) bond motifs is 3. The summed E-state index contributed by atoms with van der Waals surface area (Å²) in [5.74, 6) is 1.52. The molecular weight excluding hydrogens is 394 g/mol. The zero-order valence-corrected chi connectivity index (χ0v) is 19.0. The van der Waals surface area contributed by atoms with Crippen molar-refractivity contribution in [2.24, 2.45) is 0 Å². The topological polar surface area (TPSA) is 47.6 Å². The van der Waals surface area contributed by atoms with E-state index in [-0.39, 0.29) is 0 Å². The predicted molar refractivity (Wildman–Crippen MR) is 130 cm³/mol. The molecule has 0 atom stereocenters. The van der Waals surface area contributed by atoms with E-state index in [0.717, 1.165) is 55.0 Å². The average Bonchev–Trinajstić information content (AvgIpc) is 3.18. The fourth-order valence-electron chi connectivity index (χ4n) is 5.09. The van der Waals surface area contributed by atoms with Gasteiger partial charge in [0, 0.05) is 38.3 Å². The molecule has 5 rings (SSSR count). The molecule has 0 amide bonds. The molecule has 0 bridgehead atoms. The number of hydrogen-bond donors (Lipinski definition) is 0. The Morgan fingerprint density at radius 3 is 2.34 bits per heavy atom. The summed E-state index contributed by atoms with van der Waals surface area (Å²) >= 11 is 0. The Bertz CT molecular complexity index is 1310. The maximum atomic E-state index is 10.0. The minimum Gasteiger partial charge on any atom is -0.355 e. The molecule has 3 heterocycles. The molecule has 5 heteroatoms. The van der Waals surface area contributed by atoms with Crippen molar-refractivity contribution in [3.63, 3.8) is 0 Å². The number of imidazole rings is 1. The van der Waals surface area contributed by atoms with Crippen LogP contribution >= 0.6 is 0 Å². The highest BCUT2D eigenvalue weighted by molar-refractivity contribution is 5.86. The minimum absolute atomic E-state index is 0.310. The first-order chi connectivity index (χ1) is 15.6. The van der Waals surface area contributed by atoms with Gasteiger partial charge in [0.05, 0.1) is 16.6 Å². The van der Waals surface area contributed by atoms with E-state index in [1.165, 1.54) is 16.9 Å². The monoisotopic (exact) mass is 423 g/mol. The van der Waals surface area contributed by atoms with Crippen molar-refractivity contribution in [3.8, 4) is 6.07 Å². The Morgan fingerprint density at radius 2 is 1.66 bits per heavy atom. The van der Waals surface area contributed by atoms with E-state index in [9.17, 15) is 5.26 Å². The lowest BCUT2D eigenvalue weighted by atomic mass is 9.94. The predicted octanol–water partition coefficient (Wildman–Crippen LogP) is 5.11. The lowest BCUT2D eigenvalue weighted by molar-refractivity contribution is 0.249. The summed E-state index contributed by atoms with van der Waals surface area (Å²) in [7, 11) is 0. The number of piperazine rings is 1. The van der Waals surface area contributed by atoms with Gasteiger partial charge in [0.2, 0.25) is 0 Å². The zero-order valence-electron chi connectivity index (χ0n) is 19.0. The van der Waals surface area contributed by atoms with Crippen molar-refractivity contribution >= 4 is 22.5 Å². The van der Waals surface area contributed by atoms with Gasteiger partial charge in [-0.15, -0.1) is 0 Å². The number of pyridine rings is 1. The third kappa shape index (κ3) is 3.41. The first-order valence-electron chi connectivity index (χ1n) is 11.4. The molecule has 1 saturated heterocycles. The van der Waals surface area contributed by atoms with E-state index in [2.05, 4.69) is 83.5 Å². The zero-order chi connectivity index (χ0) is 22.2. The van der Waals surface area contributed by atoms with Crippen LogP contribution in [0.25, 0.3) is 16.7 Å². The van der Waals surface area contributed by atoms with Crippen LogP contribution in [0.3, 0.4) is 0 Å². The number of anilines is 1. The molecule has 2 aromatic carbocycles. The number of aromatic nitrogens is 2. The number of nitrogens with zero attached hydrogens (tertiary/aromatic N) is 5. The number of hydrogen-bond acceptors (Lipinski definition) is 4. The fraction of sp³-hybridized carbons (Fsp3) is 0.333. The maximum absolute atomic E-state index is 10.0. The molecule has 4 aromatic rings. The Balaban J connectivity index is 1.59. The second kappa shape index (κ2) is 8.29. The Kier molecular flexibility index (Phi) is 5.32. The first-order valence-corrected chi connectivity index (χ1v) is 11.4. The van der Waals surface area contributed by atoms with Gasteiger partial charge >= 0.3 is 0 Å². The molecule has 2 aromatic heterocycles. The van der Waals surface area contributed by atoms with Crippen LogP contribution in [0.15, 0.2) is 54.6 Å². The Morgan fingerprint density at radius 1 is 0.969 bits per heavy atom. The van der Waals surface area contributed by atoms with E-state index >= 15 is 0 Å². The SMILES string of the molecule is Cc1c(C(C)C)c(N2CCN(Cc3ccccc3)CC2)n2c(nc3ccccc32)c1C#N. The molecule has 0 unspecified atom stereocenters. The van der Waals surface area contributed by atoms with Gasteiger partial charge in [0.15, 0.2) is 5.65 Å². The summed E-state index contributed by atoms with van der Waals surface area (Å²) in [6.07, 6.45) is 0. The van der Waals surface area contributed by atoms with Crippen LogP contribution < -0.4 is 4.90 Å². The smallest absolute Gasteiger partial charge is 0.157 e. The molecule has 1 aliphatic heterocycles. The van der Waals surface area contributed by atoms with Crippen molar-refractivity contribution in [3.05, 3.63) is 76.9 Å². The highest BCUT2D eigenvalue weighted by Crippen LogP contribution is 2.37. The van der Waals surface area contributed by atoms with E-state index in [0.29, 0.717) is 11.5 Å². The molecule has 0 aliphatic carbocycles. The molecule has 0 N–H and O–H groups in total. The summed E-state index contributed by atoms with van der Waals surface area (Å²) in [4.78, 5) is 9.91. The summed E-state index contributed by atoms with van der Waals surface area (Å²) in [6.45, 7) is 11.5. The minimum atomic E-state index is 0.310. The van der Waals surface area contributed by atoms with Gasteiger partial charge in [0.25, 0.3) is 0 Å². The highest BCUT2D eigenvalue weighted by Gasteiger charge is 2.27. The first kappa shape index (κ1) is 20.5. The number of nitriles is 1. The Hall–Kier alpha value is -3.36. The third-order valence-corrected chi connectivity index (χ3v) is 6.63. The standard InChI is InChI=1S/C27H29N5/c1-19(2)25-20(3)22(17-28)26-29-23-11-7-8-12-24(23)32(26)27(25)31-15-13-30(14-16-31)18-21-9-5-4-6-10-21/h4-12,19H,13-16,18H2,1-3H3. The summed E-state index contributed by atoms with van der Waals surface area (Å²) in [6, 6.07) is 21.4. The lowest BCUT2D eigenvalue weighted by Crippen LogP contribution is -2.47. The highest BCUT2D eigenvalue weighted by atomic mass is 15.3. The van der Waals surface area contributed by atoms with E-state index in [4.69, 9.17) is 4.98 Å². The van der Waals surface area contributed by atoms with Crippen molar-refractivity contribution < 1.29 is 0 Å². The molecule has 162 valence electrons. The van der Waals surface area contributed by atoms with Crippen LogP contribution in [-0.2, 0) is 6.54 Å². The van der Waals surface area contributed by atoms with Gasteiger partial charge in [-0.1, -0.05) is 56.3 Å². The third-order valence-electron chi connectivity index (χ3n) is 6.63. The van der Waals surface area contributed by atoms with Crippen LogP contribution in [0.5, 0.6) is 0 Å². The second-order valence-electron chi connectivity index (χ2n) is 9.01. The number of para-hydroxylation sites is 2. The van der Waals surface area contributed by atoms with Crippen LogP contribution in [-0.4, -0.2) is 40.5 Å². The molecular formula is C27H29N5. The molecule has 1 aliphatic rings. The molecule has 32 heavy (non-hydrogen) atoms. The Labute approximate surface area is 189 Å². The van der Waals surface area contributed by atoms with Crippen LogP contribution in [0.2, 0.25) is 0 Å². The van der Waals surface area contributed by atoms with Crippen LogP contribution in [0.4, 0.5) is 5.82 Å². The van der Waals surface area contributed by atoms with Crippen molar-refractivity contribution in [1.82, 2.24) is 14.3 Å². The quantitative estimate of drug-likeness (QED) is 0.457. The normalized spacial score (nSPS) is 15.0. The maximum Gasteiger partial charge on any atom is 0.157 e. The molecule has 0 saturated carbocycles. The van der Waals surface area contributed by atoms with Gasteiger partial charge < -0.3 is 4.90 Å². The number of benzene rings is 2. The van der Waals surface area contributed by atoms with Crippen molar-refractivity contribution in [2.75, 3.05) is 31.1 Å². The van der Waals surface area contributed by atoms with E-state index in [1.54, 1.807) is 0 Å². The fourth-order valence-corrected chi connectivity index (χ4v) is 5.09. The molecule has 5 nitrogen and oxygen atoms in total. The molecule has 0 spiro atoms. The summed E-state index contributed by atoms with van der Waals surface area (Å²) in [5.41, 5.74) is 7.16.